The third-order valence-electron chi connectivity index (χ3n) is 4.65. The van der Waals surface area contributed by atoms with Crippen LogP contribution >= 0.6 is 11.3 Å². The topological polar surface area (TPSA) is 54.3 Å². The number of likely N-dealkylation sites (N-methyl/N-ethyl adjacent to an activating group) is 1. The SMILES string of the molecule is CCN(CC)CCN(C(=O)c1ccn(C(C)C)n1)c1nc2ccccc2s1. The summed E-state index contributed by atoms with van der Waals surface area (Å²) in [5.41, 5.74) is 1.38. The molecule has 2 heterocycles. The number of rotatable bonds is 8. The average Bonchev–Trinajstić information content (AvgIpc) is 3.32. The summed E-state index contributed by atoms with van der Waals surface area (Å²) in [5, 5.41) is 5.20. The van der Waals surface area contributed by atoms with Gasteiger partial charge in [-0.05, 0) is 45.1 Å². The first-order chi connectivity index (χ1) is 13.0. The number of hydrogen-bond acceptors (Lipinski definition) is 5. The summed E-state index contributed by atoms with van der Waals surface area (Å²) in [6.07, 6.45) is 1.86. The van der Waals surface area contributed by atoms with E-state index >= 15 is 0 Å². The van der Waals surface area contributed by atoms with Crippen molar-refractivity contribution in [3.63, 3.8) is 0 Å². The molecule has 0 bridgehead atoms. The van der Waals surface area contributed by atoms with Crippen LogP contribution in [-0.4, -0.2) is 51.8 Å². The summed E-state index contributed by atoms with van der Waals surface area (Å²) in [7, 11) is 0. The van der Waals surface area contributed by atoms with E-state index in [1.807, 2.05) is 49.0 Å². The molecule has 0 atom stereocenters. The lowest BCUT2D eigenvalue weighted by molar-refractivity contribution is 0.0978. The molecular formula is C20H27N5OS. The highest BCUT2D eigenvalue weighted by Gasteiger charge is 2.24. The Bertz CT molecular complexity index is 864. The fourth-order valence-electron chi connectivity index (χ4n) is 2.92. The van der Waals surface area contributed by atoms with Gasteiger partial charge in [0.25, 0.3) is 5.91 Å². The van der Waals surface area contributed by atoms with Gasteiger partial charge in [-0.3, -0.25) is 14.4 Å². The lowest BCUT2D eigenvalue weighted by Crippen LogP contribution is -2.39. The Morgan fingerprint density at radius 1 is 1.15 bits per heavy atom. The normalized spacial score (nSPS) is 11.6. The molecule has 0 aliphatic rings. The standard InChI is InChI=1S/C20H27N5OS/c1-5-23(6-2)13-14-24(19(26)17-11-12-25(22-17)15(3)4)20-21-16-9-7-8-10-18(16)27-20/h7-12,15H,5-6,13-14H2,1-4H3. The molecule has 1 amide bonds. The van der Waals surface area contributed by atoms with Crippen LogP contribution in [0.5, 0.6) is 0 Å². The van der Waals surface area contributed by atoms with Gasteiger partial charge in [0.2, 0.25) is 0 Å². The number of thiazole rings is 1. The second-order valence-electron chi connectivity index (χ2n) is 6.72. The summed E-state index contributed by atoms with van der Waals surface area (Å²) >= 11 is 1.55. The molecule has 1 aromatic carbocycles. The third kappa shape index (κ3) is 4.36. The van der Waals surface area contributed by atoms with E-state index in [-0.39, 0.29) is 11.9 Å². The zero-order valence-corrected chi connectivity index (χ0v) is 17.2. The predicted molar refractivity (Wildman–Crippen MR) is 112 cm³/mol. The van der Waals surface area contributed by atoms with Crippen molar-refractivity contribution in [1.82, 2.24) is 19.7 Å². The molecule has 0 fully saturated rings. The Morgan fingerprint density at radius 3 is 2.52 bits per heavy atom. The van der Waals surface area contributed by atoms with Crippen LogP contribution in [0.15, 0.2) is 36.5 Å². The van der Waals surface area contributed by atoms with Gasteiger partial charge >= 0.3 is 0 Å². The molecule has 27 heavy (non-hydrogen) atoms. The number of para-hydroxylation sites is 1. The van der Waals surface area contributed by atoms with Crippen molar-refractivity contribution in [2.45, 2.75) is 33.7 Å². The number of amides is 1. The fraction of sp³-hybridized carbons (Fsp3) is 0.450. The van der Waals surface area contributed by atoms with Crippen LogP contribution in [0.25, 0.3) is 10.2 Å². The van der Waals surface area contributed by atoms with Crippen molar-refractivity contribution in [2.75, 3.05) is 31.1 Å². The maximum absolute atomic E-state index is 13.2. The number of carbonyl (C=O) groups is 1. The zero-order chi connectivity index (χ0) is 19.4. The molecule has 0 aliphatic heterocycles. The highest BCUT2D eigenvalue weighted by atomic mass is 32.1. The number of hydrogen-bond donors (Lipinski definition) is 0. The molecule has 0 saturated carbocycles. The lowest BCUT2D eigenvalue weighted by Gasteiger charge is -2.24. The first-order valence-corrected chi connectivity index (χ1v) is 10.3. The number of carbonyl (C=O) groups excluding carboxylic acids is 1. The minimum absolute atomic E-state index is 0.0967. The molecule has 7 heteroatoms. The van der Waals surface area contributed by atoms with Crippen LogP contribution in [0, 0.1) is 0 Å². The zero-order valence-electron chi connectivity index (χ0n) is 16.4. The van der Waals surface area contributed by atoms with Crippen molar-refractivity contribution < 1.29 is 4.79 Å². The first kappa shape index (κ1) is 19.5. The van der Waals surface area contributed by atoms with Crippen LogP contribution in [0.2, 0.25) is 0 Å². The van der Waals surface area contributed by atoms with E-state index in [4.69, 9.17) is 4.98 Å². The van der Waals surface area contributed by atoms with Gasteiger partial charge in [0.05, 0.1) is 10.2 Å². The molecule has 0 unspecified atom stereocenters. The molecular weight excluding hydrogens is 358 g/mol. The highest BCUT2D eigenvalue weighted by Crippen LogP contribution is 2.29. The maximum Gasteiger partial charge on any atom is 0.280 e. The Kier molecular flexibility index (Phi) is 6.23. The number of fused-ring (bicyclic) bond motifs is 1. The fourth-order valence-corrected chi connectivity index (χ4v) is 3.91. The number of aromatic nitrogens is 3. The van der Waals surface area contributed by atoms with Crippen LogP contribution in [-0.2, 0) is 0 Å². The Labute approximate surface area is 164 Å². The van der Waals surface area contributed by atoms with Crippen molar-refractivity contribution in [1.29, 1.82) is 0 Å². The van der Waals surface area contributed by atoms with E-state index in [0.717, 1.165) is 35.0 Å². The summed E-state index contributed by atoms with van der Waals surface area (Å²) in [6.45, 7) is 11.7. The predicted octanol–water partition coefficient (Wildman–Crippen LogP) is 4.06. The smallest absolute Gasteiger partial charge is 0.280 e. The Hall–Kier alpha value is -2.25. The molecule has 0 saturated heterocycles. The maximum atomic E-state index is 13.2. The monoisotopic (exact) mass is 385 g/mol. The summed E-state index contributed by atoms with van der Waals surface area (Å²) in [4.78, 5) is 22.0. The third-order valence-corrected chi connectivity index (χ3v) is 5.71. The van der Waals surface area contributed by atoms with E-state index in [1.165, 1.54) is 0 Å². The van der Waals surface area contributed by atoms with Gasteiger partial charge in [0, 0.05) is 25.3 Å². The molecule has 0 spiro atoms. The summed E-state index contributed by atoms with van der Waals surface area (Å²) in [6, 6.07) is 10.0. The van der Waals surface area contributed by atoms with Crippen molar-refractivity contribution >= 4 is 32.6 Å². The van der Waals surface area contributed by atoms with E-state index < -0.39 is 0 Å². The first-order valence-electron chi connectivity index (χ1n) is 9.48. The molecule has 6 nitrogen and oxygen atoms in total. The minimum Gasteiger partial charge on any atom is -0.302 e. The molecule has 3 aromatic rings. The van der Waals surface area contributed by atoms with Gasteiger partial charge in [-0.15, -0.1) is 0 Å². The highest BCUT2D eigenvalue weighted by molar-refractivity contribution is 7.22. The van der Waals surface area contributed by atoms with E-state index in [1.54, 1.807) is 22.3 Å². The minimum atomic E-state index is -0.0967. The molecule has 0 radical (unpaired) electrons. The van der Waals surface area contributed by atoms with Gasteiger partial charge in [0.15, 0.2) is 10.8 Å². The van der Waals surface area contributed by atoms with Crippen LogP contribution in [0.1, 0.15) is 44.2 Å². The Balaban J connectivity index is 1.91. The van der Waals surface area contributed by atoms with Gasteiger partial charge < -0.3 is 4.90 Å². The van der Waals surface area contributed by atoms with Crippen LogP contribution < -0.4 is 4.90 Å². The summed E-state index contributed by atoms with van der Waals surface area (Å²) < 4.78 is 2.90. The molecule has 3 rings (SSSR count). The second kappa shape index (κ2) is 8.63. The van der Waals surface area contributed by atoms with Crippen molar-refractivity contribution in [3.05, 3.63) is 42.2 Å². The molecule has 0 aliphatic carbocycles. The quantitative estimate of drug-likeness (QED) is 0.587. The van der Waals surface area contributed by atoms with Gasteiger partial charge in [0.1, 0.15) is 0 Å². The molecule has 0 N–H and O–H groups in total. The summed E-state index contributed by atoms with van der Waals surface area (Å²) in [5.74, 6) is -0.0967. The van der Waals surface area contributed by atoms with Crippen LogP contribution in [0.3, 0.4) is 0 Å². The van der Waals surface area contributed by atoms with Crippen molar-refractivity contribution in [3.8, 4) is 0 Å². The van der Waals surface area contributed by atoms with Gasteiger partial charge in [-0.25, -0.2) is 4.98 Å². The largest absolute Gasteiger partial charge is 0.302 e. The van der Waals surface area contributed by atoms with E-state index in [9.17, 15) is 4.79 Å². The number of anilines is 1. The van der Waals surface area contributed by atoms with Gasteiger partial charge in [-0.2, -0.15) is 5.10 Å². The number of nitrogens with zero attached hydrogens (tertiary/aromatic N) is 5. The average molecular weight is 386 g/mol. The van der Waals surface area contributed by atoms with E-state index in [0.29, 0.717) is 12.2 Å². The molecule has 144 valence electrons. The lowest BCUT2D eigenvalue weighted by atomic mass is 10.3. The Morgan fingerprint density at radius 2 is 1.89 bits per heavy atom. The van der Waals surface area contributed by atoms with Gasteiger partial charge in [-0.1, -0.05) is 37.3 Å². The second-order valence-corrected chi connectivity index (χ2v) is 7.73. The molecule has 2 aromatic heterocycles. The van der Waals surface area contributed by atoms with Crippen LogP contribution in [0.4, 0.5) is 5.13 Å². The number of benzene rings is 1. The van der Waals surface area contributed by atoms with Crippen molar-refractivity contribution in [2.24, 2.45) is 0 Å². The van der Waals surface area contributed by atoms with E-state index in [2.05, 4.69) is 23.8 Å².